The van der Waals surface area contributed by atoms with Crippen LogP contribution in [0.4, 0.5) is 0 Å². The standard InChI is InChI=1S/C21H19N3O4/c1-15(16-7-6-8-17(13-16)28-14-20(25)26)22-23-21(27)18-9-2-3-10-19(18)24-11-4-5-12-24/h2-13H,14H2,1H3,(H,23,27)(H,25,26)/b22-15-. The van der Waals surface area contributed by atoms with Gasteiger partial charge >= 0.3 is 5.97 Å². The SMILES string of the molecule is C/C(=N/NC(=O)c1ccccc1-n1cccc1)c1cccc(OCC(=O)O)c1. The van der Waals surface area contributed by atoms with Crippen LogP contribution in [0.15, 0.2) is 78.2 Å². The molecule has 7 nitrogen and oxygen atoms in total. The van der Waals surface area contributed by atoms with Crippen LogP contribution in [0.2, 0.25) is 0 Å². The Bertz CT molecular complexity index is 1010. The summed E-state index contributed by atoms with van der Waals surface area (Å²) in [4.78, 5) is 23.2. The molecule has 3 aromatic rings. The van der Waals surface area contributed by atoms with Gasteiger partial charge in [0, 0.05) is 18.0 Å². The molecule has 142 valence electrons. The first kappa shape index (κ1) is 18.9. The van der Waals surface area contributed by atoms with Crippen molar-refractivity contribution in [1.82, 2.24) is 9.99 Å². The zero-order valence-corrected chi connectivity index (χ0v) is 15.2. The molecule has 1 heterocycles. The Hall–Kier alpha value is -3.87. The van der Waals surface area contributed by atoms with E-state index in [1.165, 1.54) is 0 Å². The van der Waals surface area contributed by atoms with Crippen molar-refractivity contribution in [3.05, 3.63) is 84.2 Å². The molecule has 0 saturated carbocycles. The highest BCUT2D eigenvalue weighted by Crippen LogP contribution is 2.16. The highest BCUT2D eigenvalue weighted by Gasteiger charge is 2.11. The number of hydrogen-bond donors (Lipinski definition) is 2. The van der Waals surface area contributed by atoms with E-state index >= 15 is 0 Å². The van der Waals surface area contributed by atoms with Gasteiger partial charge in [-0.25, -0.2) is 10.2 Å². The van der Waals surface area contributed by atoms with Crippen LogP contribution in [0, 0.1) is 0 Å². The quantitative estimate of drug-likeness (QED) is 0.489. The highest BCUT2D eigenvalue weighted by atomic mass is 16.5. The molecule has 0 saturated heterocycles. The van der Waals surface area contributed by atoms with E-state index < -0.39 is 12.6 Å². The van der Waals surface area contributed by atoms with Crippen LogP contribution in [0.1, 0.15) is 22.8 Å². The molecule has 0 spiro atoms. The number of benzene rings is 2. The van der Waals surface area contributed by atoms with Crippen molar-refractivity contribution in [2.45, 2.75) is 6.92 Å². The Morgan fingerprint density at radius 2 is 1.82 bits per heavy atom. The van der Waals surface area contributed by atoms with Gasteiger partial charge in [-0.15, -0.1) is 0 Å². The smallest absolute Gasteiger partial charge is 0.341 e. The molecule has 0 aliphatic rings. The lowest BCUT2D eigenvalue weighted by atomic mass is 10.1. The molecule has 3 rings (SSSR count). The molecule has 2 aromatic carbocycles. The van der Waals surface area contributed by atoms with Crippen molar-refractivity contribution in [2.24, 2.45) is 5.10 Å². The summed E-state index contributed by atoms with van der Waals surface area (Å²) in [5.41, 5.74) is 5.09. The molecule has 7 heteroatoms. The third-order valence-corrected chi connectivity index (χ3v) is 3.97. The maximum absolute atomic E-state index is 12.6. The lowest BCUT2D eigenvalue weighted by Gasteiger charge is -2.10. The highest BCUT2D eigenvalue weighted by molar-refractivity contribution is 6.02. The Morgan fingerprint density at radius 3 is 2.57 bits per heavy atom. The van der Waals surface area contributed by atoms with Gasteiger partial charge in [-0.3, -0.25) is 4.79 Å². The van der Waals surface area contributed by atoms with Crippen LogP contribution >= 0.6 is 0 Å². The van der Waals surface area contributed by atoms with Crippen molar-refractivity contribution in [1.29, 1.82) is 0 Å². The lowest BCUT2D eigenvalue weighted by Crippen LogP contribution is -2.21. The summed E-state index contributed by atoms with van der Waals surface area (Å²) in [5, 5.41) is 12.9. The van der Waals surface area contributed by atoms with E-state index in [0.717, 1.165) is 5.69 Å². The van der Waals surface area contributed by atoms with Gasteiger partial charge in [-0.1, -0.05) is 24.3 Å². The molecule has 0 aliphatic heterocycles. The summed E-state index contributed by atoms with van der Waals surface area (Å²) in [6, 6.07) is 17.9. The fraction of sp³-hybridized carbons (Fsp3) is 0.0952. The Balaban J connectivity index is 1.75. The van der Waals surface area contributed by atoms with Crippen LogP contribution in [0.25, 0.3) is 5.69 Å². The van der Waals surface area contributed by atoms with Gasteiger partial charge in [0.2, 0.25) is 0 Å². The molecule has 0 unspecified atom stereocenters. The molecule has 0 fully saturated rings. The third-order valence-electron chi connectivity index (χ3n) is 3.97. The maximum Gasteiger partial charge on any atom is 0.341 e. The van der Waals surface area contributed by atoms with E-state index in [4.69, 9.17) is 9.84 Å². The summed E-state index contributed by atoms with van der Waals surface area (Å²) >= 11 is 0. The first-order chi connectivity index (χ1) is 13.5. The first-order valence-corrected chi connectivity index (χ1v) is 8.56. The zero-order valence-electron chi connectivity index (χ0n) is 15.2. The number of aliphatic carboxylic acids is 1. The van der Waals surface area contributed by atoms with Crippen LogP contribution in [-0.2, 0) is 4.79 Å². The molecule has 2 N–H and O–H groups in total. The van der Waals surface area contributed by atoms with Gasteiger partial charge < -0.3 is 14.4 Å². The second-order valence-electron chi connectivity index (χ2n) is 5.96. The number of amides is 1. The number of nitrogens with one attached hydrogen (secondary N) is 1. The number of para-hydroxylation sites is 1. The van der Waals surface area contributed by atoms with Gasteiger partial charge in [0.1, 0.15) is 5.75 Å². The number of carbonyl (C=O) groups excluding carboxylic acids is 1. The van der Waals surface area contributed by atoms with Gasteiger partial charge in [-0.2, -0.15) is 5.10 Å². The van der Waals surface area contributed by atoms with Crippen molar-refractivity contribution in [2.75, 3.05) is 6.61 Å². The minimum atomic E-state index is -1.05. The monoisotopic (exact) mass is 377 g/mol. The summed E-state index contributed by atoms with van der Waals surface area (Å²) < 4.78 is 7.02. The number of carbonyl (C=O) groups is 2. The van der Waals surface area contributed by atoms with Gasteiger partial charge in [-0.05, 0) is 43.3 Å². The van der Waals surface area contributed by atoms with E-state index in [-0.39, 0.29) is 5.91 Å². The number of rotatable bonds is 7. The van der Waals surface area contributed by atoms with Crippen molar-refractivity contribution in [3.63, 3.8) is 0 Å². The molecule has 0 aliphatic carbocycles. The fourth-order valence-electron chi connectivity index (χ4n) is 2.60. The van der Waals surface area contributed by atoms with E-state index in [9.17, 15) is 9.59 Å². The molecule has 0 atom stereocenters. The molecule has 28 heavy (non-hydrogen) atoms. The van der Waals surface area contributed by atoms with Crippen LogP contribution in [-0.4, -0.2) is 33.9 Å². The van der Waals surface area contributed by atoms with Gasteiger partial charge in [0.05, 0.1) is 17.0 Å². The van der Waals surface area contributed by atoms with Crippen molar-refractivity contribution >= 4 is 17.6 Å². The summed E-state index contributed by atoms with van der Waals surface area (Å²) in [5.74, 6) is -0.968. The van der Waals surface area contributed by atoms with E-state index in [2.05, 4.69) is 10.5 Å². The van der Waals surface area contributed by atoms with E-state index in [1.54, 1.807) is 43.3 Å². The predicted octanol–water partition coefficient (Wildman–Crippen LogP) is 3.09. The van der Waals surface area contributed by atoms with Crippen LogP contribution in [0.5, 0.6) is 5.75 Å². The lowest BCUT2D eigenvalue weighted by molar-refractivity contribution is -0.139. The molecule has 0 bridgehead atoms. The van der Waals surface area contributed by atoms with E-state index in [0.29, 0.717) is 22.6 Å². The number of hydrazone groups is 1. The zero-order chi connectivity index (χ0) is 19.9. The van der Waals surface area contributed by atoms with Gasteiger partial charge in [0.15, 0.2) is 6.61 Å². The third kappa shape index (κ3) is 4.64. The average Bonchev–Trinajstić information content (AvgIpc) is 3.25. The minimum Gasteiger partial charge on any atom is -0.482 e. The Labute approximate surface area is 161 Å². The van der Waals surface area contributed by atoms with Crippen molar-refractivity contribution < 1.29 is 19.4 Å². The molecule has 0 radical (unpaired) electrons. The number of aromatic nitrogens is 1. The Kier molecular flexibility index (Phi) is 5.86. The topological polar surface area (TPSA) is 92.9 Å². The van der Waals surface area contributed by atoms with E-state index in [1.807, 2.05) is 41.2 Å². The van der Waals surface area contributed by atoms with Crippen LogP contribution in [0.3, 0.4) is 0 Å². The normalized spacial score (nSPS) is 11.1. The summed E-state index contributed by atoms with van der Waals surface area (Å²) in [7, 11) is 0. The number of carboxylic acids is 1. The van der Waals surface area contributed by atoms with Crippen molar-refractivity contribution in [3.8, 4) is 11.4 Å². The minimum absolute atomic E-state index is 0.332. The van der Waals surface area contributed by atoms with Crippen LogP contribution < -0.4 is 10.2 Å². The summed E-state index contributed by atoms with van der Waals surface area (Å²) in [6.07, 6.45) is 3.73. The number of hydrogen-bond acceptors (Lipinski definition) is 4. The number of carboxylic acid groups (broad SMARTS) is 1. The average molecular weight is 377 g/mol. The second kappa shape index (κ2) is 8.68. The summed E-state index contributed by atoms with van der Waals surface area (Å²) in [6.45, 7) is 1.32. The molecular formula is C21H19N3O4. The Morgan fingerprint density at radius 1 is 1.07 bits per heavy atom. The fourth-order valence-corrected chi connectivity index (χ4v) is 2.60. The molecule has 1 aromatic heterocycles. The molecule has 1 amide bonds. The first-order valence-electron chi connectivity index (χ1n) is 8.56. The number of ether oxygens (including phenoxy) is 1. The largest absolute Gasteiger partial charge is 0.482 e. The number of nitrogens with zero attached hydrogens (tertiary/aromatic N) is 2. The maximum atomic E-state index is 12.6. The molecular weight excluding hydrogens is 358 g/mol. The second-order valence-corrected chi connectivity index (χ2v) is 5.96. The predicted molar refractivity (Wildman–Crippen MR) is 105 cm³/mol. The van der Waals surface area contributed by atoms with Gasteiger partial charge in [0.25, 0.3) is 5.91 Å².